The van der Waals surface area contributed by atoms with Crippen molar-refractivity contribution >= 4 is 17.3 Å². The largest absolute Gasteiger partial charge is 0.507 e. The highest BCUT2D eigenvalue weighted by atomic mass is 32.1. The van der Waals surface area contributed by atoms with Gasteiger partial charge in [0.05, 0.1) is 5.56 Å². The Morgan fingerprint density at radius 2 is 1.86 bits per heavy atom. The number of aromatic hydroxyl groups is 1. The molecule has 0 spiro atoms. The highest BCUT2D eigenvalue weighted by Gasteiger charge is 2.16. The predicted molar refractivity (Wildman–Crippen MR) is 60.6 cm³/mol. The topological polar surface area (TPSA) is 29.5 Å². The van der Waals surface area contributed by atoms with Gasteiger partial charge in [-0.2, -0.15) is 0 Å². The Morgan fingerprint density at radius 1 is 1.29 bits per heavy atom. The van der Waals surface area contributed by atoms with Crippen molar-refractivity contribution < 1.29 is 9.84 Å². The van der Waals surface area contributed by atoms with Gasteiger partial charge in [0, 0.05) is 0 Å². The molecule has 0 radical (unpaired) electrons. The molecule has 2 nitrogen and oxygen atoms in total. The van der Waals surface area contributed by atoms with Gasteiger partial charge in [0.25, 0.3) is 0 Å². The number of phenolic OH excluding ortho intramolecular Hbond substituents is 1. The zero-order valence-corrected chi connectivity index (χ0v) is 9.39. The lowest BCUT2D eigenvalue weighted by molar-refractivity contribution is 0.122. The second-order valence-corrected chi connectivity index (χ2v) is 4.39. The van der Waals surface area contributed by atoms with Gasteiger partial charge in [0.1, 0.15) is 11.4 Å². The number of ether oxygens (including phenoxy) is 1. The number of phenols is 1. The van der Waals surface area contributed by atoms with Crippen LogP contribution in [0.25, 0.3) is 0 Å². The molecule has 3 heteroatoms. The normalized spacial score (nSPS) is 11.1. The number of rotatable bonds is 1. The zero-order chi connectivity index (χ0) is 10.8. The van der Waals surface area contributed by atoms with E-state index in [1.165, 1.54) is 0 Å². The molecule has 0 aromatic heterocycles. The number of benzene rings is 1. The summed E-state index contributed by atoms with van der Waals surface area (Å²) in [5, 5.41) is 9.84. The molecule has 0 unspecified atom stereocenters. The maximum absolute atomic E-state index is 9.51. The van der Waals surface area contributed by atoms with Crippen molar-refractivity contribution in [1.82, 2.24) is 0 Å². The molecule has 0 saturated heterocycles. The molecule has 1 aromatic carbocycles. The van der Waals surface area contributed by atoms with Gasteiger partial charge in [0.2, 0.25) is 0 Å². The van der Waals surface area contributed by atoms with Crippen LogP contribution in [0.5, 0.6) is 5.75 Å². The third kappa shape index (κ3) is 3.00. The lowest BCUT2D eigenvalue weighted by Crippen LogP contribution is -2.23. The molecular formula is C11H14O2S. The maximum Gasteiger partial charge on any atom is 0.195 e. The molecule has 0 bridgehead atoms. The van der Waals surface area contributed by atoms with E-state index in [1.54, 1.807) is 18.2 Å². The van der Waals surface area contributed by atoms with E-state index >= 15 is 0 Å². The van der Waals surface area contributed by atoms with Crippen LogP contribution < -0.4 is 0 Å². The minimum absolute atomic E-state index is 0.154. The van der Waals surface area contributed by atoms with Gasteiger partial charge in [0.15, 0.2) is 5.05 Å². The van der Waals surface area contributed by atoms with Crippen LogP contribution in [0.1, 0.15) is 26.3 Å². The highest BCUT2D eigenvalue weighted by Crippen LogP contribution is 2.20. The number of hydrogen-bond donors (Lipinski definition) is 1. The van der Waals surface area contributed by atoms with E-state index < -0.39 is 0 Å². The Balaban J connectivity index is 2.86. The van der Waals surface area contributed by atoms with Gasteiger partial charge in [-0.1, -0.05) is 12.1 Å². The molecule has 1 rings (SSSR count). The van der Waals surface area contributed by atoms with Crippen molar-refractivity contribution in [2.75, 3.05) is 0 Å². The lowest BCUT2D eigenvalue weighted by atomic mass is 10.1. The first-order valence-electron chi connectivity index (χ1n) is 4.41. The number of hydrogen-bond acceptors (Lipinski definition) is 3. The average molecular weight is 210 g/mol. The van der Waals surface area contributed by atoms with Crippen molar-refractivity contribution in [2.24, 2.45) is 0 Å². The molecule has 0 atom stereocenters. The summed E-state index contributed by atoms with van der Waals surface area (Å²) in [6, 6.07) is 6.89. The molecule has 1 aromatic rings. The van der Waals surface area contributed by atoms with Gasteiger partial charge in [-0.25, -0.2) is 0 Å². The van der Waals surface area contributed by atoms with Crippen LogP contribution in [0.3, 0.4) is 0 Å². The third-order valence-electron chi connectivity index (χ3n) is 1.52. The molecule has 0 aliphatic carbocycles. The summed E-state index contributed by atoms with van der Waals surface area (Å²) in [5.41, 5.74) is 0.233. The van der Waals surface area contributed by atoms with Gasteiger partial charge in [-0.05, 0) is 45.1 Å². The van der Waals surface area contributed by atoms with Gasteiger partial charge >= 0.3 is 0 Å². The Labute approximate surface area is 89.5 Å². The molecule has 0 aliphatic rings. The van der Waals surface area contributed by atoms with Gasteiger partial charge < -0.3 is 9.84 Å². The van der Waals surface area contributed by atoms with Crippen LogP contribution in [-0.2, 0) is 4.74 Å². The van der Waals surface area contributed by atoms with Crippen LogP contribution in [0.15, 0.2) is 24.3 Å². The fourth-order valence-electron chi connectivity index (χ4n) is 0.979. The van der Waals surface area contributed by atoms with Crippen molar-refractivity contribution in [3.63, 3.8) is 0 Å². The SMILES string of the molecule is CC(C)(C)OC(=S)c1ccccc1O. The summed E-state index contributed by atoms with van der Waals surface area (Å²) < 4.78 is 5.48. The molecule has 0 saturated carbocycles. The van der Waals surface area contributed by atoms with Crippen LogP contribution >= 0.6 is 12.2 Å². The Morgan fingerprint density at radius 3 is 2.36 bits per heavy atom. The number of thiocarbonyl (C=S) groups is 1. The molecule has 1 N–H and O–H groups in total. The summed E-state index contributed by atoms with van der Waals surface area (Å²) in [6.45, 7) is 5.75. The van der Waals surface area contributed by atoms with Crippen molar-refractivity contribution in [1.29, 1.82) is 0 Å². The first kappa shape index (κ1) is 11.0. The molecule has 76 valence electrons. The maximum atomic E-state index is 9.51. The molecule has 0 heterocycles. The Kier molecular flexibility index (Phi) is 3.11. The first-order chi connectivity index (χ1) is 6.40. The zero-order valence-electron chi connectivity index (χ0n) is 8.57. The minimum atomic E-state index is -0.334. The monoisotopic (exact) mass is 210 g/mol. The van der Waals surface area contributed by atoms with Crippen molar-refractivity contribution in [2.45, 2.75) is 26.4 Å². The van der Waals surface area contributed by atoms with Crippen molar-refractivity contribution in [3.8, 4) is 5.75 Å². The molecule has 14 heavy (non-hydrogen) atoms. The van der Waals surface area contributed by atoms with E-state index in [0.717, 1.165) is 0 Å². The summed E-state index contributed by atoms with van der Waals surface area (Å²) >= 11 is 5.07. The molecule has 0 aliphatic heterocycles. The quantitative estimate of drug-likeness (QED) is 0.723. The average Bonchev–Trinajstić information content (AvgIpc) is 2.01. The van der Waals surface area contributed by atoms with E-state index in [9.17, 15) is 5.11 Å². The second-order valence-electron chi connectivity index (χ2n) is 4.02. The minimum Gasteiger partial charge on any atom is -0.507 e. The molecule has 0 fully saturated rings. The van der Waals surface area contributed by atoms with Crippen molar-refractivity contribution in [3.05, 3.63) is 29.8 Å². The van der Waals surface area contributed by atoms with Crippen LogP contribution in [0.4, 0.5) is 0 Å². The standard InChI is InChI=1S/C11H14O2S/c1-11(2,3)13-10(14)8-6-4-5-7-9(8)12/h4-7,12H,1-3H3. The van der Waals surface area contributed by atoms with Crippen LogP contribution in [-0.4, -0.2) is 15.8 Å². The molecule has 0 amide bonds. The first-order valence-corrected chi connectivity index (χ1v) is 4.82. The smallest absolute Gasteiger partial charge is 0.195 e. The number of para-hydroxylation sites is 1. The van der Waals surface area contributed by atoms with Gasteiger partial charge in [-0.3, -0.25) is 0 Å². The van der Waals surface area contributed by atoms with E-state index in [2.05, 4.69) is 0 Å². The predicted octanol–water partition coefficient (Wildman–Crippen LogP) is 2.88. The second kappa shape index (κ2) is 3.96. The summed E-state index contributed by atoms with van der Waals surface area (Å²) in [7, 11) is 0. The third-order valence-corrected chi connectivity index (χ3v) is 1.83. The summed E-state index contributed by atoms with van der Waals surface area (Å²) in [4.78, 5) is 0. The van der Waals surface area contributed by atoms with E-state index in [1.807, 2.05) is 26.8 Å². The Bertz CT molecular complexity index is 339. The van der Waals surface area contributed by atoms with Crippen LogP contribution in [0.2, 0.25) is 0 Å². The molecular weight excluding hydrogens is 196 g/mol. The summed E-state index contributed by atoms with van der Waals surface area (Å²) in [5.74, 6) is 0.154. The van der Waals surface area contributed by atoms with E-state index in [-0.39, 0.29) is 11.4 Å². The lowest BCUT2D eigenvalue weighted by Gasteiger charge is -2.21. The van der Waals surface area contributed by atoms with Gasteiger partial charge in [-0.15, -0.1) is 0 Å². The highest BCUT2D eigenvalue weighted by molar-refractivity contribution is 7.80. The fourth-order valence-corrected chi connectivity index (χ4v) is 1.40. The van der Waals surface area contributed by atoms with E-state index in [0.29, 0.717) is 10.6 Å². The summed E-state index contributed by atoms with van der Waals surface area (Å²) in [6.07, 6.45) is 0. The fraction of sp³-hybridized carbons (Fsp3) is 0.364. The Hall–Kier alpha value is -1.09. The van der Waals surface area contributed by atoms with E-state index in [4.69, 9.17) is 17.0 Å². The van der Waals surface area contributed by atoms with Crippen LogP contribution in [0, 0.1) is 0 Å².